The highest BCUT2D eigenvalue weighted by atomic mass is 32.2. The largest absolute Gasteiger partial charge is 0.450 e. The minimum Gasteiger partial charge on any atom is -0.450 e. The van der Waals surface area contributed by atoms with Crippen LogP contribution in [0.3, 0.4) is 0 Å². The molecule has 3 fully saturated rings. The zero-order valence-corrected chi connectivity index (χ0v) is 15.9. The first-order valence-electron chi connectivity index (χ1n) is 9.27. The van der Waals surface area contributed by atoms with Gasteiger partial charge in [-0.2, -0.15) is 0 Å². The van der Waals surface area contributed by atoms with E-state index in [9.17, 15) is 14.7 Å². The number of carbonyl (C=O) groups excluding carboxylic acids is 2. The van der Waals surface area contributed by atoms with Crippen LogP contribution in [0, 0.1) is 5.41 Å². The maximum absolute atomic E-state index is 11.9. The third kappa shape index (κ3) is 4.32. The molecular weight excluding hydrogens is 358 g/mol. The Morgan fingerprint density at radius 3 is 3.15 bits per heavy atom. The number of hydrogen-bond donors (Lipinski definition) is 5. The molecule has 0 bridgehead atoms. The van der Waals surface area contributed by atoms with Gasteiger partial charge in [0, 0.05) is 25.7 Å². The Bertz CT molecular complexity index is 513. The number of nitrogens with zero attached hydrogens (tertiary/aromatic N) is 1. The summed E-state index contributed by atoms with van der Waals surface area (Å²) in [6, 6.07) is -0.0697. The normalized spacial score (nSPS) is 35.7. The van der Waals surface area contributed by atoms with Gasteiger partial charge < -0.3 is 20.0 Å². The van der Waals surface area contributed by atoms with Crippen molar-refractivity contribution in [1.29, 1.82) is 0 Å². The van der Waals surface area contributed by atoms with Gasteiger partial charge in [0.05, 0.1) is 23.6 Å². The molecule has 10 heteroatoms. The van der Waals surface area contributed by atoms with Gasteiger partial charge in [0.1, 0.15) is 12.5 Å². The number of fused-ring (bicyclic) bond motifs is 1. The molecular formula is C16H29N5O4S. The fourth-order valence-corrected chi connectivity index (χ4v) is 5.35. The molecule has 5 unspecified atom stereocenters. The van der Waals surface area contributed by atoms with Crippen LogP contribution in [0.25, 0.3) is 0 Å². The van der Waals surface area contributed by atoms with Crippen LogP contribution >= 0.6 is 11.8 Å². The summed E-state index contributed by atoms with van der Waals surface area (Å²) < 4.78 is 4.88. The Morgan fingerprint density at radius 1 is 1.54 bits per heavy atom. The van der Waals surface area contributed by atoms with Crippen molar-refractivity contribution in [3.05, 3.63) is 0 Å². The van der Waals surface area contributed by atoms with Crippen molar-refractivity contribution in [2.45, 2.75) is 50.0 Å². The number of hydrazine groups is 1. The van der Waals surface area contributed by atoms with Crippen molar-refractivity contribution in [2.24, 2.45) is 5.41 Å². The summed E-state index contributed by atoms with van der Waals surface area (Å²) in [7, 11) is 0. The number of thioether (sulfide) groups is 1. The number of hydrogen-bond acceptors (Lipinski definition) is 9. The molecule has 3 aliphatic rings. The number of rotatable bonds is 7. The second-order valence-electron chi connectivity index (χ2n) is 7.01. The van der Waals surface area contributed by atoms with Crippen molar-refractivity contribution in [2.75, 3.05) is 32.0 Å². The molecule has 148 valence electrons. The molecule has 0 aromatic rings. The SMILES string of the molecule is CCOC(=O)NCC1(C=O)CCSC1NC(O)C1CCN2NCCC2N1. The van der Waals surface area contributed by atoms with Crippen LogP contribution in [0.5, 0.6) is 0 Å². The molecule has 5 atom stereocenters. The first kappa shape index (κ1) is 19.8. The summed E-state index contributed by atoms with van der Waals surface area (Å²) in [5.41, 5.74) is 2.58. The van der Waals surface area contributed by atoms with E-state index in [1.165, 1.54) is 0 Å². The highest BCUT2D eigenvalue weighted by Gasteiger charge is 2.46. The highest BCUT2D eigenvalue weighted by Crippen LogP contribution is 2.40. The van der Waals surface area contributed by atoms with Gasteiger partial charge >= 0.3 is 6.09 Å². The number of aliphatic hydroxyl groups is 1. The summed E-state index contributed by atoms with van der Waals surface area (Å²) >= 11 is 1.61. The van der Waals surface area contributed by atoms with E-state index < -0.39 is 17.7 Å². The molecule has 3 saturated heterocycles. The van der Waals surface area contributed by atoms with E-state index >= 15 is 0 Å². The summed E-state index contributed by atoms with van der Waals surface area (Å²) in [4.78, 5) is 23.5. The van der Waals surface area contributed by atoms with Crippen molar-refractivity contribution >= 4 is 24.1 Å². The van der Waals surface area contributed by atoms with Crippen LogP contribution in [0.4, 0.5) is 4.79 Å². The maximum Gasteiger partial charge on any atom is 0.407 e. The second-order valence-corrected chi connectivity index (χ2v) is 8.22. The molecule has 3 aliphatic heterocycles. The van der Waals surface area contributed by atoms with E-state index in [-0.39, 0.29) is 30.7 Å². The first-order valence-corrected chi connectivity index (χ1v) is 10.3. The van der Waals surface area contributed by atoms with E-state index in [2.05, 4.69) is 26.4 Å². The highest BCUT2D eigenvalue weighted by molar-refractivity contribution is 8.00. The van der Waals surface area contributed by atoms with Crippen LogP contribution in [-0.2, 0) is 9.53 Å². The number of aldehydes is 1. The van der Waals surface area contributed by atoms with E-state index in [4.69, 9.17) is 4.74 Å². The third-order valence-electron chi connectivity index (χ3n) is 5.35. The van der Waals surface area contributed by atoms with Crippen LogP contribution in [0.2, 0.25) is 0 Å². The zero-order chi connectivity index (χ0) is 18.6. The third-order valence-corrected chi connectivity index (χ3v) is 6.72. The van der Waals surface area contributed by atoms with Gasteiger partial charge in [-0.1, -0.05) is 0 Å². The van der Waals surface area contributed by atoms with Crippen LogP contribution in [0.15, 0.2) is 0 Å². The number of amides is 1. The quantitative estimate of drug-likeness (QED) is 0.282. The molecule has 0 aliphatic carbocycles. The summed E-state index contributed by atoms with van der Waals surface area (Å²) in [5, 5.41) is 22.0. The van der Waals surface area contributed by atoms with Crippen LogP contribution in [-0.4, -0.2) is 78.3 Å². The van der Waals surface area contributed by atoms with E-state index in [1.54, 1.807) is 18.7 Å². The Balaban J connectivity index is 1.56. The fraction of sp³-hybridized carbons (Fsp3) is 0.875. The lowest BCUT2D eigenvalue weighted by Gasteiger charge is -2.40. The molecule has 5 N–H and O–H groups in total. The van der Waals surface area contributed by atoms with E-state index in [0.717, 1.165) is 38.0 Å². The number of alkyl carbamates (subject to hydrolysis) is 1. The van der Waals surface area contributed by atoms with Gasteiger partial charge in [0.2, 0.25) is 0 Å². The van der Waals surface area contributed by atoms with Gasteiger partial charge in [-0.25, -0.2) is 9.80 Å². The maximum atomic E-state index is 11.9. The number of ether oxygens (including phenoxy) is 1. The van der Waals surface area contributed by atoms with Gasteiger partial charge in [0.15, 0.2) is 0 Å². The molecule has 26 heavy (non-hydrogen) atoms. The molecule has 0 spiro atoms. The molecule has 0 radical (unpaired) electrons. The molecule has 9 nitrogen and oxygen atoms in total. The predicted octanol–water partition coefficient (Wildman–Crippen LogP) is -0.813. The van der Waals surface area contributed by atoms with E-state index in [0.29, 0.717) is 6.42 Å². The van der Waals surface area contributed by atoms with Crippen molar-refractivity contribution in [3.63, 3.8) is 0 Å². The molecule has 0 aromatic heterocycles. The lowest BCUT2D eigenvalue weighted by molar-refractivity contribution is -0.116. The fourth-order valence-electron chi connectivity index (χ4n) is 3.79. The smallest absolute Gasteiger partial charge is 0.407 e. The van der Waals surface area contributed by atoms with Gasteiger partial charge in [-0.3, -0.25) is 16.1 Å². The zero-order valence-electron chi connectivity index (χ0n) is 15.1. The van der Waals surface area contributed by atoms with Crippen molar-refractivity contribution in [1.82, 2.24) is 26.4 Å². The Morgan fingerprint density at radius 2 is 2.38 bits per heavy atom. The summed E-state index contributed by atoms with van der Waals surface area (Å²) in [6.07, 6.45) is 2.33. The lowest BCUT2D eigenvalue weighted by Crippen LogP contribution is -2.63. The van der Waals surface area contributed by atoms with Crippen molar-refractivity contribution < 1.29 is 19.4 Å². The van der Waals surface area contributed by atoms with Crippen LogP contribution in [0.1, 0.15) is 26.2 Å². The standard InChI is InChI=1S/C16H29N5O4S/c1-2-25-15(24)17-9-16(10-22)5-8-26-14(16)20-13(23)11-4-7-21-12(19-11)3-6-18-21/h10-14,18-20,23H,2-9H2,1H3,(H,17,24). The predicted molar refractivity (Wildman–Crippen MR) is 98.2 cm³/mol. The Hall–Kier alpha value is -0.910. The monoisotopic (exact) mass is 387 g/mol. The summed E-state index contributed by atoms with van der Waals surface area (Å²) in [6.45, 7) is 4.04. The van der Waals surface area contributed by atoms with E-state index in [1.807, 2.05) is 0 Å². The number of carbonyl (C=O) groups is 2. The van der Waals surface area contributed by atoms with Gasteiger partial charge in [-0.15, -0.1) is 11.8 Å². The second kappa shape index (κ2) is 8.85. The van der Waals surface area contributed by atoms with Gasteiger partial charge in [0.25, 0.3) is 0 Å². The number of aliphatic hydroxyl groups excluding tert-OH is 1. The average molecular weight is 388 g/mol. The minimum atomic E-state index is -0.754. The average Bonchev–Trinajstić information content (AvgIpc) is 3.26. The topological polar surface area (TPSA) is 115 Å². The Kier molecular flexibility index (Phi) is 6.76. The molecule has 1 amide bonds. The molecule has 0 aromatic carbocycles. The summed E-state index contributed by atoms with van der Waals surface area (Å²) in [5.74, 6) is 0.798. The molecule has 3 rings (SSSR count). The van der Waals surface area contributed by atoms with Crippen molar-refractivity contribution in [3.8, 4) is 0 Å². The lowest BCUT2D eigenvalue weighted by atomic mass is 9.86. The number of nitrogens with one attached hydrogen (secondary N) is 4. The van der Waals surface area contributed by atoms with Gasteiger partial charge in [-0.05, 0) is 31.9 Å². The minimum absolute atomic E-state index is 0.0697. The molecule has 3 heterocycles. The molecule has 0 saturated carbocycles. The first-order chi connectivity index (χ1) is 12.6. The van der Waals surface area contributed by atoms with Crippen LogP contribution < -0.4 is 21.4 Å². The Labute approximate surface area is 157 Å².